The quantitative estimate of drug-likeness (QED) is 0.743. The summed E-state index contributed by atoms with van der Waals surface area (Å²) in [5, 5.41) is 18.5. The molecular formula is C21H34N2O3. The van der Waals surface area contributed by atoms with E-state index in [1.807, 2.05) is 12.1 Å². The standard InChI is InChI=1S/C21H34N2O3/c24-12-9-20-17-22(10-11-23(20)19-6-2-1-3-7-19)16-18-5-4-8-21(15-18)26-14-13-25/h4-5,8,15,19-20,24-25H,1-3,6-7,9-14,16-17H2. The van der Waals surface area contributed by atoms with Crippen LogP contribution in [0.4, 0.5) is 0 Å². The van der Waals surface area contributed by atoms with Crippen molar-refractivity contribution in [1.29, 1.82) is 0 Å². The summed E-state index contributed by atoms with van der Waals surface area (Å²) in [7, 11) is 0. The highest BCUT2D eigenvalue weighted by atomic mass is 16.5. The molecule has 0 radical (unpaired) electrons. The molecule has 26 heavy (non-hydrogen) atoms. The smallest absolute Gasteiger partial charge is 0.119 e. The number of aliphatic hydroxyl groups excluding tert-OH is 2. The first-order valence-electron chi connectivity index (χ1n) is 10.2. The van der Waals surface area contributed by atoms with E-state index in [2.05, 4.69) is 21.9 Å². The zero-order chi connectivity index (χ0) is 18.2. The van der Waals surface area contributed by atoms with Crippen LogP contribution in [-0.2, 0) is 6.54 Å². The Labute approximate surface area is 157 Å². The molecule has 146 valence electrons. The number of hydrogen-bond donors (Lipinski definition) is 2. The summed E-state index contributed by atoms with van der Waals surface area (Å²) in [4.78, 5) is 5.19. The summed E-state index contributed by atoms with van der Waals surface area (Å²) >= 11 is 0. The molecule has 2 aliphatic rings. The van der Waals surface area contributed by atoms with E-state index in [1.165, 1.54) is 37.7 Å². The van der Waals surface area contributed by atoms with E-state index in [0.717, 1.165) is 44.4 Å². The van der Waals surface area contributed by atoms with Crippen LogP contribution in [0.15, 0.2) is 24.3 Å². The van der Waals surface area contributed by atoms with Gasteiger partial charge in [-0.2, -0.15) is 0 Å². The van der Waals surface area contributed by atoms with Crippen molar-refractivity contribution in [3.8, 4) is 5.75 Å². The van der Waals surface area contributed by atoms with Crippen LogP contribution in [-0.4, -0.2) is 71.6 Å². The third-order valence-electron chi connectivity index (χ3n) is 5.78. The molecule has 5 heteroatoms. The summed E-state index contributed by atoms with van der Waals surface area (Å²) in [5.74, 6) is 0.823. The minimum atomic E-state index is 0.0379. The molecule has 0 aromatic heterocycles. The van der Waals surface area contributed by atoms with Gasteiger partial charge in [-0.05, 0) is 37.0 Å². The Morgan fingerprint density at radius 3 is 2.65 bits per heavy atom. The number of rotatable bonds is 8. The molecule has 3 rings (SSSR count). The second-order valence-electron chi connectivity index (χ2n) is 7.65. The highest BCUT2D eigenvalue weighted by molar-refractivity contribution is 5.28. The Bertz CT molecular complexity index is 534. The van der Waals surface area contributed by atoms with E-state index in [-0.39, 0.29) is 13.2 Å². The Morgan fingerprint density at radius 2 is 1.88 bits per heavy atom. The topological polar surface area (TPSA) is 56.2 Å². The summed E-state index contributed by atoms with van der Waals surface area (Å²) in [6, 6.07) is 9.36. The first-order chi connectivity index (χ1) is 12.8. The fraction of sp³-hybridized carbons (Fsp3) is 0.714. The number of hydrogen-bond acceptors (Lipinski definition) is 5. The van der Waals surface area contributed by atoms with Gasteiger partial charge in [-0.1, -0.05) is 31.4 Å². The second kappa shape index (κ2) is 10.3. The van der Waals surface area contributed by atoms with Crippen molar-refractivity contribution < 1.29 is 14.9 Å². The van der Waals surface area contributed by atoms with Gasteiger partial charge in [0.1, 0.15) is 12.4 Å². The summed E-state index contributed by atoms with van der Waals surface area (Å²) in [5.41, 5.74) is 1.24. The third-order valence-corrected chi connectivity index (χ3v) is 5.78. The Kier molecular flexibility index (Phi) is 7.74. The van der Waals surface area contributed by atoms with Crippen LogP contribution in [0.25, 0.3) is 0 Å². The number of nitrogens with zero attached hydrogens (tertiary/aromatic N) is 2. The van der Waals surface area contributed by atoms with E-state index >= 15 is 0 Å². The van der Waals surface area contributed by atoms with Gasteiger partial charge in [0.2, 0.25) is 0 Å². The second-order valence-corrected chi connectivity index (χ2v) is 7.65. The van der Waals surface area contributed by atoms with Gasteiger partial charge in [-0.15, -0.1) is 0 Å². The SMILES string of the molecule is OCCOc1cccc(CN2CCN(C3CCCCC3)C(CCO)C2)c1. The lowest BCUT2D eigenvalue weighted by atomic mass is 9.91. The predicted octanol–water partition coefficient (Wildman–Crippen LogP) is 2.26. The van der Waals surface area contributed by atoms with Crippen molar-refractivity contribution >= 4 is 0 Å². The van der Waals surface area contributed by atoms with Crippen LogP contribution in [0.5, 0.6) is 5.75 Å². The maximum absolute atomic E-state index is 9.55. The Hall–Kier alpha value is -1.14. The first kappa shape index (κ1) is 19.6. The minimum Gasteiger partial charge on any atom is -0.491 e. The highest BCUT2D eigenvalue weighted by Gasteiger charge is 2.32. The average molecular weight is 363 g/mol. The van der Waals surface area contributed by atoms with Crippen molar-refractivity contribution in [2.75, 3.05) is 39.5 Å². The molecule has 1 aromatic carbocycles. The normalized spacial score (nSPS) is 23.2. The lowest BCUT2D eigenvalue weighted by Gasteiger charge is -2.46. The van der Waals surface area contributed by atoms with Gasteiger partial charge in [0, 0.05) is 44.9 Å². The first-order valence-corrected chi connectivity index (χ1v) is 10.2. The van der Waals surface area contributed by atoms with E-state index in [1.54, 1.807) is 0 Å². The average Bonchev–Trinajstić information content (AvgIpc) is 2.68. The van der Waals surface area contributed by atoms with Crippen molar-refractivity contribution in [3.05, 3.63) is 29.8 Å². The van der Waals surface area contributed by atoms with Crippen molar-refractivity contribution in [1.82, 2.24) is 9.80 Å². The van der Waals surface area contributed by atoms with Gasteiger partial charge in [0.15, 0.2) is 0 Å². The van der Waals surface area contributed by atoms with Crippen LogP contribution in [0.3, 0.4) is 0 Å². The van der Waals surface area contributed by atoms with Crippen LogP contribution < -0.4 is 4.74 Å². The van der Waals surface area contributed by atoms with Gasteiger partial charge in [0.25, 0.3) is 0 Å². The molecule has 1 unspecified atom stereocenters. The molecule has 1 aliphatic carbocycles. The fourth-order valence-corrected chi connectivity index (χ4v) is 4.53. The minimum absolute atomic E-state index is 0.0379. The maximum Gasteiger partial charge on any atom is 0.119 e. The number of benzene rings is 1. The van der Waals surface area contributed by atoms with E-state index in [4.69, 9.17) is 9.84 Å². The molecular weight excluding hydrogens is 328 g/mol. The molecule has 2 N–H and O–H groups in total. The van der Waals surface area contributed by atoms with Crippen molar-refractivity contribution in [3.63, 3.8) is 0 Å². The van der Waals surface area contributed by atoms with Crippen LogP contribution in [0, 0.1) is 0 Å². The summed E-state index contributed by atoms with van der Waals surface area (Å²) in [6.07, 6.45) is 7.62. The van der Waals surface area contributed by atoms with Crippen molar-refractivity contribution in [2.45, 2.75) is 57.2 Å². The van der Waals surface area contributed by atoms with E-state index in [0.29, 0.717) is 12.6 Å². The maximum atomic E-state index is 9.55. The van der Waals surface area contributed by atoms with Gasteiger partial charge in [0.05, 0.1) is 6.61 Å². The molecule has 1 saturated carbocycles. The molecule has 1 aliphatic heterocycles. The summed E-state index contributed by atoms with van der Waals surface area (Å²) < 4.78 is 5.53. The van der Waals surface area contributed by atoms with E-state index in [9.17, 15) is 5.11 Å². The lowest BCUT2D eigenvalue weighted by molar-refractivity contribution is 0.0136. The lowest BCUT2D eigenvalue weighted by Crippen LogP contribution is -2.56. The molecule has 5 nitrogen and oxygen atoms in total. The molecule has 1 saturated heterocycles. The fourth-order valence-electron chi connectivity index (χ4n) is 4.53. The van der Waals surface area contributed by atoms with Gasteiger partial charge in [-0.3, -0.25) is 9.80 Å². The summed E-state index contributed by atoms with van der Waals surface area (Å²) in [6.45, 7) is 4.77. The predicted molar refractivity (Wildman–Crippen MR) is 103 cm³/mol. The van der Waals surface area contributed by atoms with E-state index < -0.39 is 0 Å². The third kappa shape index (κ3) is 5.43. The Morgan fingerprint density at radius 1 is 1.04 bits per heavy atom. The number of ether oxygens (including phenoxy) is 1. The monoisotopic (exact) mass is 362 g/mol. The van der Waals surface area contributed by atoms with Crippen LogP contribution in [0.1, 0.15) is 44.1 Å². The Balaban J connectivity index is 1.58. The van der Waals surface area contributed by atoms with Crippen molar-refractivity contribution in [2.24, 2.45) is 0 Å². The van der Waals surface area contributed by atoms with Crippen LogP contribution in [0.2, 0.25) is 0 Å². The molecule has 0 bridgehead atoms. The van der Waals surface area contributed by atoms with Gasteiger partial charge in [-0.25, -0.2) is 0 Å². The molecule has 1 atom stereocenters. The zero-order valence-corrected chi connectivity index (χ0v) is 15.9. The number of aliphatic hydroxyl groups is 2. The number of piperazine rings is 1. The molecule has 2 fully saturated rings. The molecule has 1 heterocycles. The zero-order valence-electron chi connectivity index (χ0n) is 15.9. The molecule has 1 aromatic rings. The molecule has 0 spiro atoms. The molecule has 0 amide bonds. The van der Waals surface area contributed by atoms with Crippen LogP contribution >= 0.6 is 0 Å². The highest BCUT2D eigenvalue weighted by Crippen LogP contribution is 2.27. The van der Waals surface area contributed by atoms with Gasteiger partial charge >= 0.3 is 0 Å². The van der Waals surface area contributed by atoms with Gasteiger partial charge < -0.3 is 14.9 Å². The largest absolute Gasteiger partial charge is 0.491 e.